The topological polar surface area (TPSA) is 64.6 Å². The molecule has 2 aliphatic rings. The standard InChI is InChI=1S/C12H17NO4/c1-2-16-11(15)17-10-6-8-13-12(10)7-4-3-5-9(12)14/h6,13H,2-5,7-8H2,1H3. The third kappa shape index (κ3) is 2.20. The minimum absolute atomic E-state index is 0.108. The lowest BCUT2D eigenvalue weighted by Gasteiger charge is -2.33. The Bertz CT molecular complexity index is 364. The van der Waals surface area contributed by atoms with Crippen molar-refractivity contribution in [1.29, 1.82) is 0 Å². The van der Waals surface area contributed by atoms with E-state index in [4.69, 9.17) is 9.47 Å². The van der Waals surface area contributed by atoms with Gasteiger partial charge in [0.1, 0.15) is 11.3 Å². The van der Waals surface area contributed by atoms with Crippen LogP contribution in [-0.4, -0.2) is 30.6 Å². The molecule has 1 saturated carbocycles. The summed E-state index contributed by atoms with van der Waals surface area (Å²) in [5, 5.41) is 3.14. The summed E-state index contributed by atoms with van der Waals surface area (Å²) >= 11 is 0. The molecule has 0 aromatic heterocycles. The summed E-state index contributed by atoms with van der Waals surface area (Å²) in [5.74, 6) is 0.525. The van der Waals surface area contributed by atoms with Crippen molar-refractivity contribution in [2.75, 3.05) is 13.2 Å². The fourth-order valence-corrected chi connectivity index (χ4v) is 2.42. The number of Topliss-reactive ketones (excluding diaryl/α,β-unsaturated/α-hetero) is 1. The van der Waals surface area contributed by atoms with Crippen molar-refractivity contribution in [3.8, 4) is 0 Å². The summed E-state index contributed by atoms with van der Waals surface area (Å²) in [6, 6.07) is 0. The van der Waals surface area contributed by atoms with Gasteiger partial charge < -0.3 is 9.47 Å². The Hall–Kier alpha value is -1.36. The van der Waals surface area contributed by atoms with Crippen molar-refractivity contribution in [1.82, 2.24) is 5.32 Å². The predicted octanol–water partition coefficient (Wildman–Crippen LogP) is 1.53. The van der Waals surface area contributed by atoms with Gasteiger partial charge in [-0.1, -0.05) is 6.42 Å². The van der Waals surface area contributed by atoms with Crippen LogP contribution in [0.25, 0.3) is 0 Å². The molecule has 5 nitrogen and oxygen atoms in total. The monoisotopic (exact) mass is 239 g/mol. The highest BCUT2D eigenvalue weighted by Crippen LogP contribution is 2.34. The predicted molar refractivity (Wildman–Crippen MR) is 60.4 cm³/mol. The molecule has 1 aliphatic carbocycles. The number of hydrogen-bond acceptors (Lipinski definition) is 5. The first-order valence-electron chi connectivity index (χ1n) is 6.02. The molecule has 1 atom stereocenters. The molecule has 1 aliphatic heterocycles. The van der Waals surface area contributed by atoms with E-state index < -0.39 is 11.7 Å². The van der Waals surface area contributed by atoms with E-state index in [0.717, 1.165) is 12.8 Å². The highest BCUT2D eigenvalue weighted by molar-refractivity contribution is 5.93. The number of hydrogen-bond donors (Lipinski definition) is 1. The van der Waals surface area contributed by atoms with Crippen LogP contribution in [0.15, 0.2) is 11.8 Å². The van der Waals surface area contributed by atoms with Crippen LogP contribution in [-0.2, 0) is 14.3 Å². The average Bonchev–Trinajstić information content (AvgIpc) is 2.67. The Balaban J connectivity index is 2.10. The van der Waals surface area contributed by atoms with Gasteiger partial charge in [-0.25, -0.2) is 4.79 Å². The minimum Gasteiger partial charge on any atom is -0.434 e. The van der Waals surface area contributed by atoms with E-state index in [1.807, 2.05) is 0 Å². The quantitative estimate of drug-likeness (QED) is 0.740. The second kappa shape index (κ2) is 4.87. The molecule has 0 amide bonds. The summed E-state index contributed by atoms with van der Waals surface area (Å²) in [6.07, 6.45) is 4.12. The van der Waals surface area contributed by atoms with E-state index in [0.29, 0.717) is 25.1 Å². The molecular weight excluding hydrogens is 222 g/mol. The minimum atomic E-state index is -0.773. The van der Waals surface area contributed by atoms with Crippen LogP contribution in [0.3, 0.4) is 0 Å². The normalized spacial score (nSPS) is 28.1. The van der Waals surface area contributed by atoms with Gasteiger partial charge in [-0.2, -0.15) is 0 Å². The van der Waals surface area contributed by atoms with Gasteiger partial charge in [-0.3, -0.25) is 10.1 Å². The van der Waals surface area contributed by atoms with Crippen LogP contribution in [0.4, 0.5) is 4.79 Å². The summed E-state index contributed by atoms with van der Waals surface area (Å²) in [6.45, 7) is 2.53. The van der Waals surface area contributed by atoms with E-state index in [-0.39, 0.29) is 12.4 Å². The maximum Gasteiger partial charge on any atom is 0.513 e. The van der Waals surface area contributed by atoms with Gasteiger partial charge in [0.25, 0.3) is 0 Å². The first-order valence-corrected chi connectivity index (χ1v) is 6.02. The lowest BCUT2D eigenvalue weighted by Crippen LogP contribution is -2.52. The Morgan fingerprint density at radius 3 is 3.06 bits per heavy atom. The zero-order valence-corrected chi connectivity index (χ0v) is 9.95. The Labute approximate surface area is 100 Å². The number of ketones is 1. The van der Waals surface area contributed by atoms with Crippen molar-refractivity contribution in [3.05, 3.63) is 11.8 Å². The first-order chi connectivity index (χ1) is 8.19. The number of nitrogens with one attached hydrogen (secondary N) is 1. The fraction of sp³-hybridized carbons (Fsp3) is 0.667. The fourth-order valence-electron chi connectivity index (χ4n) is 2.42. The highest BCUT2D eigenvalue weighted by atomic mass is 16.7. The molecule has 1 heterocycles. The zero-order chi connectivity index (χ0) is 12.3. The molecule has 2 rings (SSSR count). The number of rotatable bonds is 2. The number of carbonyl (C=O) groups excluding carboxylic acids is 2. The van der Waals surface area contributed by atoms with Gasteiger partial charge in [0, 0.05) is 13.0 Å². The van der Waals surface area contributed by atoms with Crippen LogP contribution in [0, 0.1) is 0 Å². The average molecular weight is 239 g/mol. The van der Waals surface area contributed by atoms with Crippen LogP contribution >= 0.6 is 0 Å². The van der Waals surface area contributed by atoms with Crippen LogP contribution in [0.5, 0.6) is 0 Å². The van der Waals surface area contributed by atoms with E-state index >= 15 is 0 Å². The molecule has 1 fully saturated rings. The first kappa shape index (κ1) is 12.1. The molecule has 0 aromatic rings. The van der Waals surface area contributed by atoms with Gasteiger partial charge in [-0.15, -0.1) is 0 Å². The molecule has 1 N–H and O–H groups in total. The lowest BCUT2D eigenvalue weighted by atomic mass is 9.80. The summed E-state index contributed by atoms with van der Waals surface area (Å²) in [7, 11) is 0. The molecule has 0 saturated heterocycles. The Morgan fingerprint density at radius 1 is 1.53 bits per heavy atom. The van der Waals surface area contributed by atoms with Gasteiger partial charge in [0.05, 0.1) is 6.61 Å². The summed E-state index contributed by atoms with van der Waals surface area (Å²) in [5.41, 5.74) is -0.773. The molecule has 1 unspecified atom stereocenters. The molecule has 0 aromatic carbocycles. The van der Waals surface area contributed by atoms with Gasteiger partial charge >= 0.3 is 6.16 Å². The van der Waals surface area contributed by atoms with Crippen molar-refractivity contribution in [2.24, 2.45) is 0 Å². The van der Waals surface area contributed by atoms with Crippen LogP contribution in [0.1, 0.15) is 32.6 Å². The van der Waals surface area contributed by atoms with Crippen LogP contribution in [0.2, 0.25) is 0 Å². The van der Waals surface area contributed by atoms with Gasteiger partial charge in [0.15, 0.2) is 5.78 Å². The highest BCUT2D eigenvalue weighted by Gasteiger charge is 2.47. The number of carbonyl (C=O) groups is 2. The maximum absolute atomic E-state index is 12.0. The molecule has 17 heavy (non-hydrogen) atoms. The largest absolute Gasteiger partial charge is 0.513 e. The third-order valence-corrected chi connectivity index (χ3v) is 3.25. The van der Waals surface area contributed by atoms with E-state index in [9.17, 15) is 9.59 Å². The van der Waals surface area contributed by atoms with Crippen molar-refractivity contribution < 1.29 is 19.1 Å². The molecule has 0 radical (unpaired) electrons. The second-order valence-electron chi connectivity index (χ2n) is 4.27. The summed E-state index contributed by atoms with van der Waals surface area (Å²) in [4.78, 5) is 23.3. The molecule has 1 spiro atoms. The molecule has 5 heteroatoms. The van der Waals surface area contributed by atoms with Gasteiger partial charge in [-0.05, 0) is 25.8 Å². The SMILES string of the molecule is CCOC(=O)OC1=CCNC12CCCCC2=O. The number of ether oxygens (including phenoxy) is 2. The Kier molecular flexibility index (Phi) is 3.47. The van der Waals surface area contributed by atoms with Crippen molar-refractivity contribution >= 4 is 11.9 Å². The van der Waals surface area contributed by atoms with Gasteiger partial charge in [0.2, 0.25) is 0 Å². The third-order valence-electron chi connectivity index (χ3n) is 3.25. The van der Waals surface area contributed by atoms with Crippen molar-refractivity contribution in [2.45, 2.75) is 38.1 Å². The smallest absolute Gasteiger partial charge is 0.434 e. The molecule has 0 bridgehead atoms. The summed E-state index contributed by atoms with van der Waals surface area (Å²) < 4.78 is 9.86. The lowest BCUT2D eigenvalue weighted by molar-refractivity contribution is -0.126. The zero-order valence-electron chi connectivity index (χ0n) is 9.95. The molecule has 94 valence electrons. The maximum atomic E-state index is 12.0. The van der Waals surface area contributed by atoms with E-state index in [1.54, 1.807) is 13.0 Å². The van der Waals surface area contributed by atoms with Crippen molar-refractivity contribution in [3.63, 3.8) is 0 Å². The molecular formula is C12H17NO4. The second-order valence-corrected chi connectivity index (χ2v) is 4.27. The van der Waals surface area contributed by atoms with Crippen LogP contribution < -0.4 is 5.32 Å². The Morgan fingerprint density at radius 2 is 2.35 bits per heavy atom. The van der Waals surface area contributed by atoms with E-state index in [2.05, 4.69) is 5.32 Å². The van der Waals surface area contributed by atoms with E-state index in [1.165, 1.54) is 0 Å².